The number of halogens is 1. The Hall–Kier alpha value is -3.99. The Morgan fingerprint density at radius 2 is 1.61 bits per heavy atom. The molecule has 192 valence electrons. The molecule has 1 heterocycles. The molecule has 1 aliphatic rings. The van der Waals surface area contributed by atoms with Crippen LogP contribution in [0.2, 0.25) is 5.02 Å². The number of nitrogens with one attached hydrogen (secondary N) is 3. The second-order valence-electron chi connectivity index (χ2n) is 8.71. The predicted molar refractivity (Wildman–Crippen MR) is 155 cm³/mol. The zero-order valence-electron chi connectivity index (χ0n) is 21.0. The number of hydrogen-bond acceptors (Lipinski definition) is 5. The van der Waals surface area contributed by atoms with Gasteiger partial charge in [-0.3, -0.25) is 9.59 Å². The highest BCUT2D eigenvalue weighted by Crippen LogP contribution is 2.41. The number of nitrogens with zero attached hydrogens (tertiary/aromatic N) is 1. The maximum Gasteiger partial charge on any atom is 0.254 e. The van der Waals surface area contributed by atoms with Crippen molar-refractivity contribution in [3.8, 4) is 6.07 Å². The van der Waals surface area contributed by atoms with Gasteiger partial charge in [0.2, 0.25) is 5.91 Å². The zero-order chi connectivity index (χ0) is 27.1. The van der Waals surface area contributed by atoms with E-state index in [4.69, 9.17) is 11.6 Å². The Balaban J connectivity index is 1.58. The Morgan fingerprint density at radius 1 is 0.974 bits per heavy atom. The summed E-state index contributed by atoms with van der Waals surface area (Å²) >= 11 is 7.22. The summed E-state index contributed by atoms with van der Waals surface area (Å²) in [5.74, 6) is -1.00. The Morgan fingerprint density at radius 3 is 2.24 bits per heavy atom. The number of amides is 2. The smallest absolute Gasteiger partial charge is 0.254 e. The summed E-state index contributed by atoms with van der Waals surface area (Å²) in [6.07, 6.45) is 0.927. The van der Waals surface area contributed by atoms with Crippen molar-refractivity contribution in [3.63, 3.8) is 0 Å². The van der Waals surface area contributed by atoms with E-state index in [1.165, 1.54) is 17.3 Å². The standard InChI is InChI=1S/C30H27ClN4O2S/c1-3-20-9-13-23(14-10-20)34-26(36)18-38-30-25(17-32)28(21-7-5-4-6-8-21)27(19(2)33-30)29(37)35-24-15-11-22(31)12-16-24/h4-16,28,33H,3,18H2,1-2H3,(H,34,36)(H,35,37). The number of carbonyl (C=O) groups is 2. The van der Waals surface area contributed by atoms with Crippen LogP contribution in [-0.4, -0.2) is 17.6 Å². The number of hydrogen-bond donors (Lipinski definition) is 3. The normalized spacial score (nSPS) is 14.9. The van der Waals surface area contributed by atoms with Crippen molar-refractivity contribution in [2.45, 2.75) is 26.2 Å². The fourth-order valence-corrected chi connectivity index (χ4v) is 5.21. The minimum absolute atomic E-state index is 0.101. The number of aryl methyl sites for hydroxylation is 1. The number of dihydropyridines is 1. The largest absolute Gasteiger partial charge is 0.353 e. The molecule has 3 N–H and O–H groups in total. The van der Waals surface area contributed by atoms with Crippen LogP contribution in [-0.2, 0) is 16.0 Å². The first-order valence-corrected chi connectivity index (χ1v) is 13.5. The van der Waals surface area contributed by atoms with Gasteiger partial charge < -0.3 is 16.0 Å². The molecule has 0 fully saturated rings. The van der Waals surface area contributed by atoms with Gasteiger partial charge in [0.1, 0.15) is 0 Å². The SMILES string of the molecule is CCc1ccc(NC(=O)CSC2=C(C#N)C(c3ccccc3)C(C(=O)Nc3ccc(Cl)cc3)=C(C)N2)cc1. The summed E-state index contributed by atoms with van der Waals surface area (Å²) in [5.41, 5.74) is 4.75. The molecule has 1 aliphatic heterocycles. The number of anilines is 2. The summed E-state index contributed by atoms with van der Waals surface area (Å²) in [6, 6.07) is 26.3. The molecule has 2 amide bonds. The second-order valence-corrected chi connectivity index (χ2v) is 10.1. The molecule has 1 atom stereocenters. The minimum Gasteiger partial charge on any atom is -0.353 e. The third-order valence-corrected chi connectivity index (χ3v) is 7.39. The van der Waals surface area contributed by atoms with E-state index < -0.39 is 5.92 Å². The average molecular weight is 543 g/mol. The van der Waals surface area contributed by atoms with Crippen LogP contribution in [0, 0.1) is 11.3 Å². The van der Waals surface area contributed by atoms with Crippen LogP contribution in [0.3, 0.4) is 0 Å². The van der Waals surface area contributed by atoms with E-state index in [-0.39, 0.29) is 17.6 Å². The lowest BCUT2D eigenvalue weighted by molar-refractivity contribution is -0.114. The zero-order valence-corrected chi connectivity index (χ0v) is 22.6. The lowest BCUT2D eigenvalue weighted by atomic mass is 9.82. The van der Waals surface area contributed by atoms with Crippen LogP contribution < -0.4 is 16.0 Å². The van der Waals surface area contributed by atoms with Gasteiger partial charge in [0.05, 0.1) is 28.3 Å². The highest BCUT2D eigenvalue weighted by molar-refractivity contribution is 8.03. The Bertz CT molecular complexity index is 1430. The van der Waals surface area contributed by atoms with Crippen molar-refractivity contribution in [1.82, 2.24) is 5.32 Å². The van der Waals surface area contributed by atoms with E-state index in [1.807, 2.05) is 54.6 Å². The highest BCUT2D eigenvalue weighted by atomic mass is 35.5. The Labute approximate surface area is 231 Å². The van der Waals surface area contributed by atoms with E-state index >= 15 is 0 Å². The molecular formula is C30H27ClN4O2S. The fraction of sp³-hybridized carbons (Fsp3) is 0.167. The van der Waals surface area contributed by atoms with Crippen molar-refractivity contribution in [3.05, 3.63) is 117 Å². The van der Waals surface area contributed by atoms with Gasteiger partial charge in [-0.05, 0) is 60.9 Å². The lowest BCUT2D eigenvalue weighted by Gasteiger charge is -2.30. The molecule has 0 aliphatic carbocycles. The van der Waals surface area contributed by atoms with Crippen molar-refractivity contribution in [2.24, 2.45) is 0 Å². The van der Waals surface area contributed by atoms with Crippen LogP contribution in [0.4, 0.5) is 11.4 Å². The fourth-order valence-electron chi connectivity index (χ4n) is 4.20. The molecule has 0 saturated carbocycles. The maximum atomic E-state index is 13.5. The van der Waals surface area contributed by atoms with Crippen molar-refractivity contribution >= 4 is 46.6 Å². The number of benzene rings is 3. The van der Waals surface area contributed by atoms with Gasteiger partial charge in [0.25, 0.3) is 5.91 Å². The molecule has 6 nitrogen and oxygen atoms in total. The monoisotopic (exact) mass is 542 g/mol. The molecule has 3 aromatic rings. The van der Waals surface area contributed by atoms with Crippen LogP contribution in [0.5, 0.6) is 0 Å². The summed E-state index contributed by atoms with van der Waals surface area (Å²) in [4.78, 5) is 26.2. The van der Waals surface area contributed by atoms with Gasteiger partial charge in [-0.1, -0.05) is 72.8 Å². The number of nitriles is 1. The maximum absolute atomic E-state index is 13.5. The molecule has 3 aromatic carbocycles. The summed E-state index contributed by atoms with van der Waals surface area (Å²) in [5, 5.41) is 20.4. The molecular weight excluding hydrogens is 516 g/mol. The quantitative estimate of drug-likeness (QED) is 0.298. The third kappa shape index (κ3) is 6.46. The van der Waals surface area contributed by atoms with Crippen molar-refractivity contribution in [1.29, 1.82) is 5.26 Å². The summed E-state index contributed by atoms with van der Waals surface area (Å²) in [6.45, 7) is 3.88. The van der Waals surface area contributed by atoms with E-state index in [9.17, 15) is 14.9 Å². The first-order valence-electron chi connectivity index (χ1n) is 12.1. The van der Waals surface area contributed by atoms with Crippen LogP contribution >= 0.6 is 23.4 Å². The van der Waals surface area contributed by atoms with E-state index in [0.717, 1.165) is 17.7 Å². The number of thioether (sulfide) groups is 1. The first-order chi connectivity index (χ1) is 18.4. The molecule has 0 bridgehead atoms. The van der Waals surface area contributed by atoms with Gasteiger partial charge in [-0.25, -0.2) is 0 Å². The highest BCUT2D eigenvalue weighted by Gasteiger charge is 2.34. The molecule has 1 unspecified atom stereocenters. The summed E-state index contributed by atoms with van der Waals surface area (Å²) in [7, 11) is 0. The molecule has 0 aromatic heterocycles. The molecule has 0 radical (unpaired) electrons. The average Bonchev–Trinajstić information content (AvgIpc) is 2.93. The molecule has 4 rings (SSSR count). The lowest BCUT2D eigenvalue weighted by Crippen LogP contribution is -2.31. The van der Waals surface area contributed by atoms with Crippen LogP contribution in [0.1, 0.15) is 30.9 Å². The molecule has 38 heavy (non-hydrogen) atoms. The van der Waals surface area contributed by atoms with Crippen molar-refractivity contribution in [2.75, 3.05) is 16.4 Å². The first kappa shape index (κ1) is 27.1. The van der Waals surface area contributed by atoms with Gasteiger partial charge >= 0.3 is 0 Å². The Kier molecular flexibility index (Phi) is 8.90. The number of rotatable bonds is 8. The number of carbonyl (C=O) groups excluding carboxylic acids is 2. The van der Waals surface area contributed by atoms with Gasteiger partial charge in [-0.2, -0.15) is 5.26 Å². The number of allylic oxidation sites excluding steroid dienone is 2. The van der Waals surface area contributed by atoms with Gasteiger partial charge in [0, 0.05) is 27.7 Å². The summed E-state index contributed by atoms with van der Waals surface area (Å²) < 4.78 is 0. The topological polar surface area (TPSA) is 94.0 Å². The molecule has 8 heteroatoms. The molecule has 0 spiro atoms. The van der Waals surface area contributed by atoms with Crippen molar-refractivity contribution < 1.29 is 9.59 Å². The van der Waals surface area contributed by atoms with E-state index in [1.54, 1.807) is 31.2 Å². The van der Waals surface area contributed by atoms with Crippen LogP contribution in [0.25, 0.3) is 0 Å². The minimum atomic E-state index is -0.595. The third-order valence-electron chi connectivity index (χ3n) is 6.12. The van der Waals surface area contributed by atoms with Crippen LogP contribution in [0.15, 0.2) is 101 Å². The van der Waals surface area contributed by atoms with Gasteiger partial charge in [0.15, 0.2) is 0 Å². The van der Waals surface area contributed by atoms with Gasteiger partial charge in [-0.15, -0.1) is 0 Å². The van der Waals surface area contributed by atoms with E-state index in [0.29, 0.717) is 32.6 Å². The predicted octanol–water partition coefficient (Wildman–Crippen LogP) is 6.61. The molecule has 0 saturated heterocycles. The van der Waals surface area contributed by atoms with E-state index in [2.05, 4.69) is 28.9 Å². The second kappa shape index (κ2) is 12.5.